The van der Waals surface area contributed by atoms with Gasteiger partial charge in [-0.1, -0.05) is 51.1 Å². The van der Waals surface area contributed by atoms with Crippen LogP contribution in [0, 0.1) is 0 Å². The van der Waals surface area contributed by atoms with Gasteiger partial charge < -0.3 is 24.4 Å². The third-order valence-electron chi connectivity index (χ3n) is 7.08. The number of carbonyl (C=O) groups is 2. The van der Waals surface area contributed by atoms with Gasteiger partial charge in [0.2, 0.25) is 0 Å². The minimum atomic E-state index is -0.786. The molecular weight excluding hydrogens is 492 g/mol. The SMILES string of the molecule is COc1ccccc1CN1C(=O)C(=O)/C(=C(\O)c2ccc(OC)c(C(C)(C)C)c2)C1c1ccc(N(C)C)cc1. The van der Waals surface area contributed by atoms with Crippen molar-refractivity contribution >= 4 is 23.1 Å². The molecular formula is C32H36N2O5. The molecule has 0 aliphatic carbocycles. The van der Waals surface area contributed by atoms with E-state index in [1.165, 1.54) is 4.90 Å². The van der Waals surface area contributed by atoms with Crippen LogP contribution in [-0.4, -0.2) is 50.0 Å². The maximum atomic E-state index is 13.6. The Bertz CT molecular complexity index is 1420. The van der Waals surface area contributed by atoms with Crippen molar-refractivity contribution in [2.75, 3.05) is 33.2 Å². The Kier molecular flexibility index (Phi) is 7.72. The summed E-state index contributed by atoms with van der Waals surface area (Å²) >= 11 is 0. The molecule has 1 aliphatic heterocycles. The van der Waals surface area contributed by atoms with Gasteiger partial charge in [0.05, 0.1) is 32.4 Å². The Morgan fingerprint density at radius 3 is 2.15 bits per heavy atom. The second-order valence-electron chi connectivity index (χ2n) is 10.9. The smallest absolute Gasteiger partial charge is 0.295 e. The van der Waals surface area contributed by atoms with E-state index in [9.17, 15) is 14.7 Å². The van der Waals surface area contributed by atoms with Crippen molar-refractivity contribution < 1.29 is 24.2 Å². The molecule has 3 aromatic rings. The molecule has 1 saturated heterocycles. The molecule has 4 rings (SSSR count). The average molecular weight is 529 g/mol. The van der Waals surface area contributed by atoms with Crippen LogP contribution >= 0.6 is 0 Å². The summed E-state index contributed by atoms with van der Waals surface area (Å²) in [6.07, 6.45) is 0. The number of hydrogen-bond acceptors (Lipinski definition) is 6. The lowest BCUT2D eigenvalue weighted by Crippen LogP contribution is -2.29. The number of ketones is 1. The van der Waals surface area contributed by atoms with Gasteiger partial charge in [-0.15, -0.1) is 0 Å². The van der Waals surface area contributed by atoms with E-state index in [2.05, 4.69) is 0 Å². The first-order valence-corrected chi connectivity index (χ1v) is 12.8. The number of hydrogen-bond donors (Lipinski definition) is 1. The van der Waals surface area contributed by atoms with Gasteiger partial charge in [0.1, 0.15) is 17.3 Å². The second kappa shape index (κ2) is 10.8. The van der Waals surface area contributed by atoms with E-state index >= 15 is 0 Å². The zero-order chi connectivity index (χ0) is 28.5. The first-order valence-electron chi connectivity index (χ1n) is 12.8. The molecule has 3 aromatic carbocycles. The van der Waals surface area contributed by atoms with Crippen LogP contribution in [0.25, 0.3) is 5.76 Å². The Morgan fingerprint density at radius 2 is 1.56 bits per heavy atom. The summed E-state index contributed by atoms with van der Waals surface area (Å²) in [4.78, 5) is 30.5. The fraction of sp³-hybridized carbons (Fsp3) is 0.312. The lowest BCUT2D eigenvalue weighted by atomic mass is 9.84. The quantitative estimate of drug-likeness (QED) is 0.241. The van der Waals surface area contributed by atoms with Gasteiger partial charge in [-0.3, -0.25) is 9.59 Å². The summed E-state index contributed by atoms with van der Waals surface area (Å²) in [7, 11) is 7.06. The largest absolute Gasteiger partial charge is 0.507 e. The molecule has 1 fully saturated rings. The molecule has 1 heterocycles. The minimum absolute atomic E-state index is 0.0533. The van der Waals surface area contributed by atoms with E-state index in [0.29, 0.717) is 17.1 Å². The zero-order valence-corrected chi connectivity index (χ0v) is 23.6. The van der Waals surface area contributed by atoms with Gasteiger partial charge in [-0.05, 0) is 47.4 Å². The zero-order valence-electron chi connectivity index (χ0n) is 23.6. The van der Waals surface area contributed by atoms with Crippen LogP contribution in [0.15, 0.2) is 72.3 Å². The number of carbonyl (C=O) groups excluding carboxylic acids is 2. The molecule has 7 nitrogen and oxygen atoms in total. The molecule has 1 atom stereocenters. The molecule has 0 radical (unpaired) electrons. The molecule has 1 aliphatic rings. The van der Waals surface area contributed by atoms with Crippen LogP contribution < -0.4 is 14.4 Å². The number of rotatable bonds is 7. The number of likely N-dealkylation sites (tertiary alicyclic amines) is 1. The number of ether oxygens (including phenoxy) is 2. The van der Waals surface area contributed by atoms with Gasteiger partial charge in [0, 0.05) is 36.5 Å². The summed E-state index contributed by atoms with van der Waals surface area (Å²) in [6, 6.07) is 19.6. The standard InChI is InChI=1S/C32H36N2O5/c1-32(2,3)24-18-21(14-17-26(24)39-7)29(35)27-28(20-12-15-23(16-13-20)33(4)5)34(31(37)30(27)36)19-22-10-8-9-11-25(22)38-6/h8-18,28,35H,19H2,1-7H3/b29-27-. The number of Topliss-reactive ketones (excluding diaryl/α,β-unsaturated/α-hetero) is 1. The van der Waals surface area contributed by atoms with E-state index in [-0.39, 0.29) is 23.3 Å². The van der Waals surface area contributed by atoms with Crippen LogP contribution in [0.4, 0.5) is 5.69 Å². The first-order chi connectivity index (χ1) is 18.5. The molecule has 0 bridgehead atoms. The Labute approximate surface area is 230 Å². The summed E-state index contributed by atoms with van der Waals surface area (Å²) in [5.74, 6) is -0.311. The number of para-hydroxylation sites is 1. The third kappa shape index (κ3) is 5.35. The van der Waals surface area contributed by atoms with Crippen LogP contribution in [0.5, 0.6) is 11.5 Å². The molecule has 7 heteroatoms. The highest BCUT2D eigenvalue weighted by Crippen LogP contribution is 2.42. The minimum Gasteiger partial charge on any atom is -0.507 e. The monoisotopic (exact) mass is 528 g/mol. The number of amides is 1. The molecule has 0 spiro atoms. The number of methoxy groups -OCH3 is 2. The molecule has 0 aromatic heterocycles. The summed E-state index contributed by atoms with van der Waals surface area (Å²) < 4.78 is 11.1. The lowest BCUT2D eigenvalue weighted by molar-refractivity contribution is -0.140. The van der Waals surface area contributed by atoms with Crippen molar-refractivity contribution in [3.63, 3.8) is 0 Å². The number of nitrogens with zero attached hydrogens (tertiary/aromatic N) is 2. The van der Waals surface area contributed by atoms with Crippen LogP contribution in [0.1, 0.15) is 49.1 Å². The van der Waals surface area contributed by atoms with E-state index in [0.717, 1.165) is 22.4 Å². The molecule has 204 valence electrons. The Morgan fingerprint density at radius 1 is 0.923 bits per heavy atom. The van der Waals surface area contributed by atoms with E-state index in [4.69, 9.17) is 9.47 Å². The topological polar surface area (TPSA) is 79.3 Å². The molecule has 1 N–H and O–H groups in total. The van der Waals surface area contributed by atoms with Gasteiger partial charge in [-0.2, -0.15) is 0 Å². The Balaban J connectivity index is 1.90. The van der Waals surface area contributed by atoms with Crippen molar-refractivity contribution in [2.45, 2.75) is 38.8 Å². The van der Waals surface area contributed by atoms with E-state index in [1.54, 1.807) is 26.4 Å². The molecule has 1 amide bonds. The molecule has 39 heavy (non-hydrogen) atoms. The van der Waals surface area contributed by atoms with Crippen LogP contribution in [-0.2, 0) is 21.5 Å². The number of aliphatic hydroxyl groups excluding tert-OH is 1. The van der Waals surface area contributed by atoms with E-state index in [1.807, 2.05) is 94.4 Å². The highest BCUT2D eigenvalue weighted by atomic mass is 16.5. The first kappa shape index (κ1) is 27.8. The van der Waals surface area contributed by atoms with Crippen molar-refractivity contribution in [3.8, 4) is 11.5 Å². The van der Waals surface area contributed by atoms with Crippen LogP contribution in [0.2, 0.25) is 0 Å². The van der Waals surface area contributed by atoms with Crippen molar-refractivity contribution in [2.24, 2.45) is 0 Å². The fourth-order valence-electron chi connectivity index (χ4n) is 4.96. The second-order valence-corrected chi connectivity index (χ2v) is 10.9. The van der Waals surface area contributed by atoms with Crippen molar-refractivity contribution in [1.82, 2.24) is 4.90 Å². The van der Waals surface area contributed by atoms with Gasteiger partial charge in [0.25, 0.3) is 11.7 Å². The van der Waals surface area contributed by atoms with E-state index < -0.39 is 17.7 Å². The molecule has 0 saturated carbocycles. The summed E-state index contributed by atoms with van der Waals surface area (Å²) in [6.45, 7) is 6.29. The fourth-order valence-corrected chi connectivity index (χ4v) is 4.96. The van der Waals surface area contributed by atoms with Gasteiger partial charge >= 0.3 is 0 Å². The normalized spacial score (nSPS) is 16.9. The van der Waals surface area contributed by atoms with Crippen molar-refractivity contribution in [1.29, 1.82) is 0 Å². The predicted molar refractivity (Wildman–Crippen MR) is 153 cm³/mol. The lowest BCUT2D eigenvalue weighted by Gasteiger charge is -2.27. The predicted octanol–water partition coefficient (Wildman–Crippen LogP) is 5.69. The third-order valence-corrected chi connectivity index (χ3v) is 7.08. The number of anilines is 1. The average Bonchev–Trinajstić information content (AvgIpc) is 3.17. The molecule has 1 unspecified atom stereocenters. The van der Waals surface area contributed by atoms with Gasteiger partial charge in [0.15, 0.2) is 0 Å². The van der Waals surface area contributed by atoms with Crippen LogP contribution in [0.3, 0.4) is 0 Å². The van der Waals surface area contributed by atoms with Crippen molar-refractivity contribution in [3.05, 3.63) is 94.6 Å². The maximum absolute atomic E-state index is 13.6. The highest BCUT2D eigenvalue weighted by molar-refractivity contribution is 6.46. The maximum Gasteiger partial charge on any atom is 0.295 e. The number of benzene rings is 3. The highest BCUT2D eigenvalue weighted by Gasteiger charge is 2.46. The summed E-state index contributed by atoms with van der Waals surface area (Å²) in [5.41, 5.74) is 3.56. The summed E-state index contributed by atoms with van der Waals surface area (Å²) in [5, 5.41) is 11.6. The van der Waals surface area contributed by atoms with Gasteiger partial charge in [-0.25, -0.2) is 0 Å². The number of aliphatic hydroxyl groups is 1. The Hall–Kier alpha value is -4.26.